The number of carbonyl (C=O) groups excluding carboxylic acids is 3. The van der Waals surface area contributed by atoms with Gasteiger partial charge in [-0.15, -0.1) is 11.8 Å². The standard InChI is InChI=1S/C22H29N5O6S/c1-3-32-16(28)10-9-15(21(31)33-4-2)25-19(29)14-7-5-13(6-8-14)11-12-34-17-18(23)26-22(24)27-20(17)30/h5-8,15H,3-4,9-12H2,1-2H3,(H,25,29)(H5,23,24,26,27,30)/t15-/m1/s1. The number of hydrogen-bond donors (Lipinski definition) is 4. The molecule has 0 radical (unpaired) electrons. The van der Waals surface area contributed by atoms with Crippen LogP contribution in [0.15, 0.2) is 34.0 Å². The van der Waals surface area contributed by atoms with E-state index in [4.69, 9.17) is 20.9 Å². The third-order valence-electron chi connectivity index (χ3n) is 4.59. The van der Waals surface area contributed by atoms with Gasteiger partial charge in [0.2, 0.25) is 5.95 Å². The van der Waals surface area contributed by atoms with E-state index in [1.807, 2.05) is 0 Å². The number of nitrogens with zero attached hydrogens (tertiary/aromatic N) is 1. The van der Waals surface area contributed by atoms with Gasteiger partial charge in [-0.05, 0) is 44.4 Å². The van der Waals surface area contributed by atoms with E-state index in [9.17, 15) is 19.2 Å². The van der Waals surface area contributed by atoms with Gasteiger partial charge in [0.1, 0.15) is 16.8 Å². The highest BCUT2D eigenvalue weighted by Crippen LogP contribution is 2.20. The van der Waals surface area contributed by atoms with E-state index in [0.717, 1.165) is 5.56 Å². The second-order valence-corrected chi connectivity index (χ2v) is 8.19. The normalized spacial score (nSPS) is 11.5. The molecule has 184 valence electrons. The molecule has 0 aliphatic heterocycles. The molecule has 0 bridgehead atoms. The Labute approximate surface area is 201 Å². The number of hydrogen-bond acceptors (Lipinski definition) is 10. The molecule has 0 aliphatic carbocycles. The Morgan fingerprint density at radius 2 is 1.79 bits per heavy atom. The maximum absolute atomic E-state index is 12.6. The van der Waals surface area contributed by atoms with Crippen molar-refractivity contribution < 1.29 is 23.9 Å². The number of benzene rings is 1. The van der Waals surface area contributed by atoms with Gasteiger partial charge in [0, 0.05) is 17.7 Å². The van der Waals surface area contributed by atoms with Crippen LogP contribution < -0.4 is 22.3 Å². The molecule has 1 amide bonds. The Morgan fingerprint density at radius 3 is 2.41 bits per heavy atom. The number of carbonyl (C=O) groups is 3. The van der Waals surface area contributed by atoms with Crippen molar-refractivity contribution in [1.29, 1.82) is 0 Å². The van der Waals surface area contributed by atoms with E-state index < -0.39 is 23.9 Å². The van der Waals surface area contributed by atoms with Crippen LogP contribution in [0.25, 0.3) is 0 Å². The summed E-state index contributed by atoms with van der Waals surface area (Å²) in [5.41, 5.74) is 12.1. The van der Waals surface area contributed by atoms with Crippen LogP contribution in [0, 0.1) is 0 Å². The SMILES string of the molecule is CCOC(=O)CC[C@@H](NC(=O)c1ccc(CCSc2c(N)nc(N)[nH]c2=O)cc1)C(=O)OCC. The third-order valence-corrected chi connectivity index (χ3v) is 5.68. The van der Waals surface area contributed by atoms with Crippen LogP contribution in [0.1, 0.15) is 42.6 Å². The van der Waals surface area contributed by atoms with Crippen molar-refractivity contribution in [3.63, 3.8) is 0 Å². The molecule has 6 N–H and O–H groups in total. The number of aromatic nitrogens is 2. The zero-order chi connectivity index (χ0) is 25.1. The van der Waals surface area contributed by atoms with E-state index in [-0.39, 0.29) is 43.4 Å². The summed E-state index contributed by atoms with van der Waals surface area (Å²) in [4.78, 5) is 55.0. The van der Waals surface area contributed by atoms with Gasteiger partial charge >= 0.3 is 11.9 Å². The number of esters is 2. The predicted molar refractivity (Wildman–Crippen MR) is 128 cm³/mol. The number of nitrogens with one attached hydrogen (secondary N) is 2. The zero-order valence-electron chi connectivity index (χ0n) is 19.1. The predicted octanol–water partition coefficient (Wildman–Crippen LogP) is 1.27. The number of ether oxygens (including phenoxy) is 2. The molecular formula is C22H29N5O6S. The average molecular weight is 492 g/mol. The van der Waals surface area contributed by atoms with Gasteiger partial charge in [-0.1, -0.05) is 12.1 Å². The molecule has 0 spiro atoms. The first-order chi connectivity index (χ1) is 16.2. The summed E-state index contributed by atoms with van der Waals surface area (Å²) in [7, 11) is 0. The van der Waals surface area contributed by atoms with E-state index in [0.29, 0.717) is 22.6 Å². The first kappa shape index (κ1) is 26.7. The van der Waals surface area contributed by atoms with Crippen molar-refractivity contribution in [2.45, 2.75) is 44.0 Å². The number of rotatable bonds is 12. The Balaban J connectivity index is 1.95. The molecular weight excluding hydrogens is 462 g/mol. The molecule has 11 nitrogen and oxygen atoms in total. The van der Waals surface area contributed by atoms with E-state index in [2.05, 4.69) is 15.3 Å². The number of thioether (sulfide) groups is 1. The lowest BCUT2D eigenvalue weighted by molar-refractivity contribution is -0.146. The van der Waals surface area contributed by atoms with Crippen molar-refractivity contribution in [2.24, 2.45) is 0 Å². The van der Waals surface area contributed by atoms with Crippen molar-refractivity contribution >= 4 is 41.4 Å². The highest BCUT2D eigenvalue weighted by atomic mass is 32.2. The Hall–Kier alpha value is -3.54. The Morgan fingerprint density at radius 1 is 1.12 bits per heavy atom. The van der Waals surface area contributed by atoms with E-state index in [1.54, 1.807) is 38.1 Å². The number of nitrogens with two attached hydrogens (primary N) is 2. The molecule has 0 saturated heterocycles. The van der Waals surface area contributed by atoms with Crippen LogP contribution in [-0.2, 0) is 25.5 Å². The van der Waals surface area contributed by atoms with Crippen LogP contribution in [0.5, 0.6) is 0 Å². The smallest absolute Gasteiger partial charge is 0.328 e. The fourth-order valence-corrected chi connectivity index (χ4v) is 3.88. The summed E-state index contributed by atoms with van der Waals surface area (Å²) in [5.74, 6) is -0.922. The highest BCUT2D eigenvalue weighted by molar-refractivity contribution is 7.99. The average Bonchev–Trinajstić information content (AvgIpc) is 2.79. The molecule has 2 rings (SSSR count). The minimum Gasteiger partial charge on any atom is -0.466 e. The molecule has 12 heteroatoms. The van der Waals surface area contributed by atoms with Gasteiger partial charge in [0.05, 0.1) is 13.2 Å². The summed E-state index contributed by atoms with van der Waals surface area (Å²) >= 11 is 1.26. The second kappa shape index (κ2) is 13.2. The van der Waals surface area contributed by atoms with Crippen molar-refractivity contribution in [2.75, 3.05) is 30.4 Å². The number of aromatic amines is 1. The third kappa shape index (κ3) is 8.10. The minimum atomic E-state index is -0.968. The number of H-pyrrole nitrogens is 1. The lowest BCUT2D eigenvalue weighted by Gasteiger charge is -2.17. The Bertz CT molecular complexity index is 1060. The number of nitrogen functional groups attached to an aromatic ring is 2. The molecule has 34 heavy (non-hydrogen) atoms. The van der Waals surface area contributed by atoms with Gasteiger partial charge in [-0.3, -0.25) is 19.4 Å². The molecule has 2 aromatic rings. The molecule has 1 aromatic carbocycles. The van der Waals surface area contributed by atoms with Gasteiger partial charge in [0.25, 0.3) is 11.5 Å². The molecule has 0 saturated carbocycles. The lowest BCUT2D eigenvalue weighted by Crippen LogP contribution is -2.42. The molecule has 0 aliphatic rings. The van der Waals surface area contributed by atoms with Crippen molar-refractivity contribution in [3.05, 3.63) is 45.7 Å². The molecule has 0 unspecified atom stereocenters. The van der Waals surface area contributed by atoms with Gasteiger partial charge in [-0.2, -0.15) is 4.98 Å². The maximum atomic E-state index is 12.6. The summed E-state index contributed by atoms with van der Waals surface area (Å²) in [6.07, 6.45) is 0.660. The summed E-state index contributed by atoms with van der Waals surface area (Å²) in [6.45, 7) is 3.74. The van der Waals surface area contributed by atoms with Gasteiger partial charge in [0.15, 0.2) is 0 Å². The monoisotopic (exact) mass is 491 g/mol. The fraction of sp³-hybridized carbons (Fsp3) is 0.409. The fourth-order valence-electron chi connectivity index (χ4n) is 2.96. The quantitative estimate of drug-likeness (QED) is 0.249. The van der Waals surface area contributed by atoms with E-state index in [1.165, 1.54) is 11.8 Å². The summed E-state index contributed by atoms with van der Waals surface area (Å²) in [6, 6.07) is 5.86. The molecule has 1 atom stereocenters. The summed E-state index contributed by atoms with van der Waals surface area (Å²) < 4.78 is 9.88. The first-order valence-electron chi connectivity index (χ1n) is 10.7. The van der Waals surface area contributed by atoms with Crippen molar-refractivity contribution in [1.82, 2.24) is 15.3 Å². The molecule has 0 fully saturated rings. The van der Waals surface area contributed by atoms with Gasteiger partial charge in [-0.25, -0.2) is 4.79 Å². The van der Waals surface area contributed by atoms with Crippen LogP contribution >= 0.6 is 11.8 Å². The minimum absolute atomic E-state index is 0.0227. The van der Waals surface area contributed by atoms with E-state index >= 15 is 0 Å². The topological polar surface area (TPSA) is 179 Å². The van der Waals surface area contributed by atoms with Crippen molar-refractivity contribution in [3.8, 4) is 0 Å². The second-order valence-electron chi connectivity index (χ2n) is 7.08. The lowest BCUT2D eigenvalue weighted by atomic mass is 10.1. The first-order valence-corrected chi connectivity index (χ1v) is 11.7. The van der Waals surface area contributed by atoms with Crippen LogP contribution in [0.4, 0.5) is 11.8 Å². The largest absolute Gasteiger partial charge is 0.466 e. The molecule has 1 heterocycles. The Kier molecular flexibility index (Phi) is 10.4. The molecule has 1 aromatic heterocycles. The van der Waals surface area contributed by atoms with Crippen LogP contribution in [0.2, 0.25) is 0 Å². The van der Waals surface area contributed by atoms with Crippen LogP contribution in [0.3, 0.4) is 0 Å². The summed E-state index contributed by atoms with van der Waals surface area (Å²) in [5, 5.41) is 2.62. The number of aryl methyl sites for hydroxylation is 1. The maximum Gasteiger partial charge on any atom is 0.328 e. The van der Waals surface area contributed by atoms with Gasteiger partial charge < -0.3 is 26.3 Å². The number of amides is 1. The van der Waals surface area contributed by atoms with Crippen LogP contribution in [-0.4, -0.2) is 52.8 Å². The highest BCUT2D eigenvalue weighted by Gasteiger charge is 2.24. The number of anilines is 2. The zero-order valence-corrected chi connectivity index (χ0v) is 19.9.